The smallest absolute Gasteiger partial charge is 0.352 e. The summed E-state index contributed by atoms with van der Waals surface area (Å²) in [5, 5.41) is 8.84. The summed E-state index contributed by atoms with van der Waals surface area (Å²) in [6.07, 6.45) is 1.51. The van der Waals surface area contributed by atoms with Crippen LogP contribution in [0, 0.1) is 0 Å². The normalized spacial score (nSPS) is 12.6. The molecular weight excluding hydrogens is 462 g/mol. The van der Waals surface area contributed by atoms with Crippen molar-refractivity contribution in [3.63, 3.8) is 0 Å². The second-order valence-corrected chi connectivity index (χ2v) is 8.56. The number of ether oxygens (including phenoxy) is 2. The molecule has 4 aromatic heterocycles. The molecule has 0 atom stereocenters. The molecule has 1 aliphatic heterocycles. The van der Waals surface area contributed by atoms with E-state index in [-0.39, 0.29) is 37.8 Å². The molecule has 172 valence electrons. The van der Waals surface area contributed by atoms with Crippen LogP contribution in [0.4, 0.5) is 0 Å². The number of benzene rings is 1. The molecule has 0 unspecified atom stereocenters. The largest absolute Gasteiger partial charge is 0.467 e. The van der Waals surface area contributed by atoms with Crippen LogP contribution in [0.25, 0.3) is 16.0 Å². The second kappa shape index (κ2) is 7.92. The number of carbonyl (C=O) groups excluding carboxylic acids is 1. The lowest BCUT2D eigenvalue weighted by atomic mass is 10.2. The molecule has 0 bridgehead atoms. The number of nitrogens with one attached hydrogen (secondary N) is 1. The molecule has 11 nitrogen and oxygen atoms in total. The highest BCUT2D eigenvalue weighted by Gasteiger charge is 2.20. The molecule has 1 aliphatic rings. The molecule has 0 radical (unpaired) electrons. The van der Waals surface area contributed by atoms with Crippen LogP contribution in [-0.4, -0.2) is 31.4 Å². The summed E-state index contributed by atoms with van der Waals surface area (Å²) in [6.45, 7) is 0.224. The highest BCUT2D eigenvalue weighted by molar-refractivity contribution is 7.17. The van der Waals surface area contributed by atoms with Crippen molar-refractivity contribution >= 4 is 33.2 Å². The number of rotatable bonds is 6. The van der Waals surface area contributed by atoms with Gasteiger partial charge in [-0.2, -0.15) is 0 Å². The zero-order valence-corrected chi connectivity index (χ0v) is 18.4. The Morgan fingerprint density at radius 3 is 2.88 bits per heavy atom. The van der Waals surface area contributed by atoms with Crippen molar-refractivity contribution < 1.29 is 18.7 Å². The first-order valence-corrected chi connectivity index (χ1v) is 11.2. The standard InChI is InChI=1S/C22H17N5O6S/c28-18(23-9-13-3-4-16-17(8-13)33-12-32-16)11-26-22(30)27-15-5-7-34-19(15)20(29)25(21(27)24-26)10-14-2-1-6-31-14/h1-8H,9-12H2,(H,23,28). The van der Waals surface area contributed by atoms with Gasteiger partial charge in [-0.3, -0.25) is 14.2 Å². The summed E-state index contributed by atoms with van der Waals surface area (Å²) < 4.78 is 20.2. The number of amides is 1. The molecule has 1 N–H and O–H groups in total. The number of furan rings is 1. The maximum atomic E-state index is 13.2. The Morgan fingerprint density at radius 2 is 2.03 bits per heavy atom. The van der Waals surface area contributed by atoms with Gasteiger partial charge in [0.25, 0.3) is 5.56 Å². The lowest BCUT2D eigenvalue weighted by Crippen LogP contribution is -2.32. The number of nitrogens with zero attached hydrogens (tertiary/aromatic N) is 4. The zero-order valence-electron chi connectivity index (χ0n) is 17.6. The number of hydrogen-bond donors (Lipinski definition) is 1. The lowest BCUT2D eigenvalue weighted by Gasteiger charge is -2.06. The number of aromatic nitrogens is 4. The number of hydrogen-bond acceptors (Lipinski definition) is 8. The topological polar surface area (TPSA) is 122 Å². The van der Waals surface area contributed by atoms with Gasteiger partial charge < -0.3 is 19.2 Å². The minimum atomic E-state index is -0.509. The maximum Gasteiger partial charge on any atom is 0.352 e. The summed E-state index contributed by atoms with van der Waals surface area (Å²) in [7, 11) is 0. The van der Waals surface area contributed by atoms with Crippen molar-refractivity contribution in [2.75, 3.05) is 6.79 Å². The molecule has 5 heterocycles. The fraction of sp³-hybridized carbons (Fsp3) is 0.182. The Balaban J connectivity index is 1.31. The predicted octanol–water partition coefficient (Wildman–Crippen LogP) is 1.56. The van der Waals surface area contributed by atoms with Gasteiger partial charge in [0.2, 0.25) is 18.5 Å². The maximum absolute atomic E-state index is 13.2. The second-order valence-electron chi connectivity index (χ2n) is 7.65. The third-order valence-electron chi connectivity index (χ3n) is 5.50. The Labute approximate surface area is 194 Å². The van der Waals surface area contributed by atoms with E-state index in [2.05, 4.69) is 10.4 Å². The van der Waals surface area contributed by atoms with Crippen LogP contribution in [-0.2, 0) is 24.4 Å². The van der Waals surface area contributed by atoms with E-state index in [1.54, 1.807) is 35.7 Å². The van der Waals surface area contributed by atoms with E-state index in [4.69, 9.17) is 13.9 Å². The van der Waals surface area contributed by atoms with E-state index < -0.39 is 11.6 Å². The summed E-state index contributed by atoms with van der Waals surface area (Å²) in [6, 6.07) is 10.5. The molecule has 0 saturated heterocycles. The van der Waals surface area contributed by atoms with Crippen molar-refractivity contribution in [1.29, 1.82) is 0 Å². The van der Waals surface area contributed by atoms with Gasteiger partial charge in [-0.25, -0.2) is 13.9 Å². The Bertz CT molecular complexity index is 1660. The highest BCUT2D eigenvalue weighted by atomic mass is 32.1. The minimum Gasteiger partial charge on any atom is -0.467 e. The molecule has 34 heavy (non-hydrogen) atoms. The van der Waals surface area contributed by atoms with Crippen molar-refractivity contribution in [1.82, 2.24) is 24.1 Å². The van der Waals surface area contributed by atoms with Crippen LogP contribution >= 0.6 is 11.3 Å². The van der Waals surface area contributed by atoms with Crippen LogP contribution in [0.1, 0.15) is 11.3 Å². The SMILES string of the molecule is O=C(Cn1nc2n(Cc3ccco3)c(=O)c3sccc3n2c1=O)NCc1ccc2c(c1)OCO2. The van der Waals surface area contributed by atoms with Gasteiger partial charge in [0, 0.05) is 6.54 Å². The minimum absolute atomic E-state index is 0.107. The van der Waals surface area contributed by atoms with Crippen LogP contribution < -0.4 is 26.0 Å². The third-order valence-corrected chi connectivity index (χ3v) is 6.39. The van der Waals surface area contributed by atoms with Crippen molar-refractivity contribution in [2.45, 2.75) is 19.6 Å². The van der Waals surface area contributed by atoms with Gasteiger partial charge >= 0.3 is 5.69 Å². The molecule has 0 fully saturated rings. The Morgan fingerprint density at radius 1 is 1.15 bits per heavy atom. The van der Waals surface area contributed by atoms with Crippen LogP contribution in [0.3, 0.4) is 0 Å². The van der Waals surface area contributed by atoms with E-state index >= 15 is 0 Å². The highest BCUT2D eigenvalue weighted by Crippen LogP contribution is 2.32. The zero-order chi connectivity index (χ0) is 23.2. The first-order valence-electron chi connectivity index (χ1n) is 10.4. The van der Waals surface area contributed by atoms with Crippen LogP contribution in [0.2, 0.25) is 0 Å². The van der Waals surface area contributed by atoms with Gasteiger partial charge in [-0.1, -0.05) is 6.07 Å². The predicted molar refractivity (Wildman–Crippen MR) is 121 cm³/mol. The summed E-state index contributed by atoms with van der Waals surface area (Å²) in [5.74, 6) is 1.57. The Hall–Kier alpha value is -4.32. The fourth-order valence-electron chi connectivity index (χ4n) is 3.88. The van der Waals surface area contributed by atoms with Gasteiger partial charge in [-0.15, -0.1) is 16.4 Å². The van der Waals surface area contributed by atoms with Crippen LogP contribution in [0.5, 0.6) is 11.5 Å². The summed E-state index contributed by atoms with van der Waals surface area (Å²) in [4.78, 5) is 38.9. The Kier molecular flexibility index (Phi) is 4.73. The van der Waals surface area contributed by atoms with E-state index in [9.17, 15) is 14.4 Å². The van der Waals surface area contributed by atoms with E-state index in [0.717, 1.165) is 10.2 Å². The lowest BCUT2D eigenvalue weighted by molar-refractivity contribution is -0.122. The molecule has 0 aliphatic carbocycles. The average molecular weight is 479 g/mol. The van der Waals surface area contributed by atoms with Gasteiger partial charge in [0.15, 0.2) is 11.5 Å². The number of thiophene rings is 1. The molecule has 1 amide bonds. The van der Waals surface area contributed by atoms with Crippen molar-refractivity contribution in [3.8, 4) is 11.5 Å². The summed E-state index contributed by atoms with van der Waals surface area (Å²) >= 11 is 1.24. The van der Waals surface area contributed by atoms with Gasteiger partial charge in [0.1, 0.15) is 17.0 Å². The monoisotopic (exact) mass is 479 g/mol. The number of carbonyl (C=O) groups is 1. The van der Waals surface area contributed by atoms with Gasteiger partial charge in [-0.05, 0) is 41.3 Å². The molecule has 6 rings (SSSR count). The number of fused-ring (bicyclic) bond motifs is 4. The van der Waals surface area contributed by atoms with Crippen LogP contribution in [0.15, 0.2) is 62.0 Å². The van der Waals surface area contributed by atoms with Crippen molar-refractivity contribution in [2.24, 2.45) is 0 Å². The van der Waals surface area contributed by atoms with E-state index in [1.165, 1.54) is 26.6 Å². The average Bonchev–Trinajstić information content (AvgIpc) is 3.62. The quantitative estimate of drug-likeness (QED) is 0.392. The molecule has 1 aromatic carbocycles. The molecule has 12 heteroatoms. The van der Waals surface area contributed by atoms with Gasteiger partial charge in [0.05, 0.1) is 18.3 Å². The van der Waals surface area contributed by atoms with E-state index in [1.807, 2.05) is 6.07 Å². The molecular formula is C22H17N5O6S. The molecule has 0 saturated carbocycles. The fourth-order valence-corrected chi connectivity index (χ4v) is 4.71. The van der Waals surface area contributed by atoms with Crippen molar-refractivity contribution in [3.05, 3.63) is 80.2 Å². The molecule has 5 aromatic rings. The first-order chi connectivity index (χ1) is 16.6. The van der Waals surface area contributed by atoms with E-state index in [0.29, 0.717) is 27.5 Å². The first kappa shape index (κ1) is 20.3. The molecule has 0 spiro atoms. The third kappa shape index (κ3) is 3.35. The summed E-state index contributed by atoms with van der Waals surface area (Å²) in [5.41, 5.74) is 0.494.